The minimum absolute atomic E-state index is 0.101. The highest BCUT2D eigenvalue weighted by Crippen LogP contribution is 2.26. The molecular weight excluding hydrogens is 212 g/mol. The Bertz CT molecular complexity index is 224. The third-order valence-corrected chi connectivity index (χ3v) is 4.02. The predicted molar refractivity (Wildman–Crippen MR) is 71.6 cm³/mol. The number of nitrogens with one attached hydrogen (secondary N) is 1. The molecule has 3 nitrogen and oxygen atoms in total. The monoisotopic (exact) mass is 240 g/mol. The van der Waals surface area contributed by atoms with E-state index in [1.807, 2.05) is 6.92 Å². The number of nitrogens with two attached hydrogens (primary N) is 1. The summed E-state index contributed by atoms with van der Waals surface area (Å²) in [7, 11) is 0. The normalized spacial score (nSPS) is 20.9. The van der Waals surface area contributed by atoms with Gasteiger partial charge in [-0.15, -0.1) is 0 Å². The van der Waals surface area contributed by atoms with Crippen molar-refractivity contribution >= 4 is 5.91 Å². The Hall–Kier alpha value is -0.570. The second-order valence-corrected chi connectivity index (χ2v) is 5.53. The summed E-state index contributed by atoms with van der Waals surface area (Å²) in [5.41, 5.74) is 5.46. The molecule has 100 valence electrons. The Labute approximate surface area is 106 Å². The first-order valence-corrected chi connectivity index (χ1v) is 7.15. The van der Waals surface area contributed by atoms with E-state index in [1.165, 1.54) is 32.1 Å². The molecular formula is C14H28N2O. The number of hydrogen-bond donors (Lipinski definition) is 2. The van der Waals surface area contributed by atoms with Crippen LogP contribution in [0.5, 0.6) is 0 Å². The standard InChI is InChI=1S/C14H28N2O/c1-11(7-6-10-15)14(17)16-12(2)13-8-4-3-5-9-13/h11-13H,3-10,15H2,1-2H3,(H,16,17)/t11?,12-/m0/s1. The molecule has 1 unspecified atom stereocenters. The number of carbonyl (C=O) groups is 1. The van der Waals surface area contributed by atoms with E-state index in [0.29, 0.717) is 18.5 Å². The summed E-state index contributed by atoms with van der Waals surface area (Å²) in [6.07, 6.45) is 8.41. The molecule has 1 aliphatic carbocycles. The van der Waals surface area contributed by atoms with Gasteiger partial charge in [-0.25, -0.2) is 0 Å². The van der Waals surface area contributed by atoms with E-state index in [0.717, 1.165) is 12.8 Å². The van der Waals surface area contributed by atoms with Gasteiger partial charge in [0.05, 0.1) is 0 Å². The molecule has 0 radical (unpaired) electrons. The topological polar surface area (TPSA) is 55.1 Å². The second-order valence-electron chi connectivity index (χ2n) is 5.53. The minimum atomic E-state index is 0.101. The maximum Gasteiger partial charge on any atom is 0.223 e. The average molecular weight is 240 g/mol. The molecule has 0 aromatic heterocycles. The summed E-state index contributed by atoms with van der Waals surface area (Å²) in [4.78, 5) is 12.0. The Morgan fingerprint density at radius 1 is 1.29 bits per heavy atom. The zero-order valence-electron chi connectivity index (χ0n) is 11.4. The molecule has 17 heavy (non-hydrogen) atoms. The Morgan fingerprint density at radius 2 is 1.94 bits per heavy atom. The molecule has 1 amide bonds. The first-order chi connectivity index (χ1) is 8.15. The zero-order chi connectivity index (χ0) is 12.7. The number of rotatable bonds is 6. The van der Waals surface area contributed by atoms with Gasteiger partial charge >= 0.3 is 0 Å². The highest BCUT2D eigenvalue weighted by Gasteiger charge is 2.22. The van der Waals surface area contributed by atoms with Crippen LogP contribution in [-0.2, 0) is 4.79 Å². The van der Waals surface area contributed by atoms with Crippen molar-refractivity contribution in [2.45, 2.75) is 64.8 Å². The molecule has 1 aliphatic rings. The molecule has 1 fully saturated rings. The van der Waals surface area contributed by atoms with Crippen molar-refractivity contribution in [2.24, 2.45) is 17.6 Å². The SMILES string of the molecule is CC(CCCN)C(=O)N[C@@H](C)C1CCCCC1. The molecule has 3 heteroatoms. The predicted octanol–water partition coefficient (Wildman–Crippen LogP) is 2.45. The van der Waals surface area contributed by atoms with Gasteiger partial charge in [0.1, 0.15) is 0 Å². The van der Waals surface area contributed by atoms with E-state index in [1.54, 1.807) is 0 Å². The molecule has 0 bridgehead atoms. The molecule has 0 aromatic rings. The average Bonchev–Trinajstić information content (AvgIpc) is 2.36. The van der Waals surface area contributed by atoms with Gasteiger partial charge in [-0.2, -0.15) is 0 Å². The summed E-state index contributed by atoms with van der Waals surface area (Å²) in [5, 5.41) is 3.18. The van der Waals surface area contributed by atoms with Crippen molar-refractivity contribution in [3.63, 3.8) is 0 Å². The van der Waals surface area contributed by atoms with Gasteiger partial charge in [0.2, 0.25) is 5.91 Å². The van der Waals surface area contributed by atoms with Crippen molar-refractivity contribution < 1.29 is 4.79 Å². The van der Waals surface area contributed by atoms with Gasteiger partial charge in [0.25, 0.3) is 0 Å². The van der Waals surface area contributed by atoms with Crippen LogP contribution < -0.4 is 11.1 Å². The fourth-order valence-corrected chi connectivity index (χ4v) is 2.67. The molecule has 0 aliphatic heterocycles. The highest BCUT2D eigenvalue weighted by molar-refractivity contribution is 5.78. The summed E-state index contributed by atoms with van der Waals surface area (Å²) in [6.45, 7) is 4.83. The summed E-state index contributed by atoms with van der Waals surface area (Å²) in [6, 6.07) is 0.336. The van der Waals surface area contributed by atoms with Crippen LogP contribution >= 0.6 is 0 Å². The van der Waals surface area contributed by atoms with E-state index >= 15 is 0 Å². The summed E-state index contributed by atoms with van der Waals surface area (Å²) in [5.74, 6) is 0.996. The maximum atomic E-state index is 12.0. The fraction of sp³-hybridized carbons (Fsp3) is 0.929. The highest BCUT2D eigenvalue weighted by atomic mass is 16.1. The number of carbonyl (C=O) groups excluding carboxylic acids is 1. The van der Waals surface area contributed by atoms with E-state index < -0.39 is 0 Å². The van der Waals surface area contributed by atoms with Crippen LogP contribution in [0.1, 0.15) is 58.8 Å². The van der Waals surface area contributed by atoms with Crippen LogP contribution in [0.3, 0.4) is 0 Å². The van der Waals surface area contributed by atoms with Crippen molar-refractivity contribution in [3.8, 4) is 0 Å². The van der Waals surface area contributed by atoms with Gasteiger partial charge in [-0.1, -0.05) is 26.2 Å². The second kappa shape index (κ2) is 7.70. The van der Waals surface area contributed by atoms with Crippen molar-refractivity contribution in [2.75, 3.05) is 6.54 Å². The molecule has 3 N–H and O–H groups in total. The van der Waals surface area contributed by atoms with Gasteiger partial charge < -0.3 is 11.1 Å². The first-order valence-electron chi connectivity index (χ1n) is 7.15. The van der Waals surface area contributed by atoms with E-state index in [4.69, 9.17) is 5.73 Å². The summed E-state index contributed by atoms with van der Waals surface area (Å²) >= 11 is 0. The molecule has 0 spiro atoms. The van der Waals surface area contributed by atoms with E-state index in [-0.39, 0.29) is 11.8 Å². The van der Waals surface area contributed by atoms with E-state index in [9.17, 15) is 4.79 Å². The van der Waals surface area contributed by atoms with E-state index in [2.05, 4.69) is 12.2 Å². The third kappa shape index (κ3) is 5.07. The van der Waals surface area contributed by atoms with Gasteiger partial charge in [-0.05, 0) is 45.1 Å². The van der Waals surface area contributed by atoms with Crippen molar-refractivity contribution in [1.29, 1.82) is 0 Å². The van der Waals surface area contributed by atoms with Crippen LogP contribution in [-0.4, -0.2) is 18.5 Å². The number of hydrogen-bond acceptors (Lipinski definition) is 2. The van der Waals surface area contributed by atoms with Crippen LogP contribution in [0, 0.1) is 11.8 Å². The number of amides is 1. The van der Waals surface area contributed by atoms with Gasteiger partial charge in [0, 0.05) is 12.0 Å². The molecule has 1 rings (SSSR count). The van der Waals surface area contributed by atoms with Gasteiger partial charge in [0.15, 0.2) is 0 Å². The smallest absolute Gasteiger partial charge is 0.223 e. The van der Waals surface area contributed by atoms with Crippen LogP contribution in [0.4, 0.5) is 0 Å². The lowest BCUT2D eigenvalue weighted by Gasteiger charge is -2.29. The summed E-state index contributed by atoms with van der Waals surface area (Å²) < 4.78 is 0. The van der Waals surface area contributed by atoms with Crippen LogP contribution in [0.2, 0.25) is 0 Å². The minimum Gasteiger partial charge on any atom is -0.353 e. The Morgan fingerprint density at radius 3 is 2.53 bits per heavy atom. The third-order valence-electron chi connectivity index (χ3n) is 4.02. The van der Waals surface area contributed by atoms with Crippen molar-refractivity contribution in [1.82, 2.24) is 5.32 Å². The van der Waals surface area contributed by atoms with Crippen LogP contribution in [0.15, 0.2) is 0 Å². The fourth-order valence-electron chi connectivity index (χ4n) is 2.67. The lowest BCUT2D eigenvalue weighted by molar-refractivity contribution is -0.125. The molecule has 0 saturated heterocycles. The molecule has 2 atom stereocenters. The van der Waals surface area contributed by atoms with Gasteiger partial charge in [-0.3, -0.25) is 4.79 Å². The zero-order valence-corrected chi connectivity index (χ0v) is 11.4. The quantitative estimate of drug-likeness (QED) is 0.749. The first kappa shape index (κ1) is 14.5. The largest absolute Gasteiger partial charge is 0.353 e. The Balaban J connectivity index is 2.28. The lowest BCUT2D eigenvalue weighted by atomic mass is 9.84. The lowest BCUT2D eigenvalue weighted by Crippen LogP contribution is -2.41. The van der Waals surface area contributed by atoms with Crippen molar-refractivity contribution in [3.05, 3.63) is 0 Å². The molecule has 0 heterocycles. The maximum absolute atomic E-state index is 12.0. The molecule has 1 saturated carbocycles. The molecule has 0 aromatic carbocycles. The Kier molecular flexibility index (Phi) is 6.56. The van der Waals surface area contributed by atoms with Crippen LogP contribution in [0.25, 0.3) is 0 Å².